The molecule has 9 heteroatoms. The maximum Gasteiger partial charge on any atom is 0.262 e. The van der Waals surface area contributed by atoms with Gasteiger partial charge in [0.15, 0.2) is 0 Å². The van der Waals surface area contributed by atoms with Crippen LogP contribution < -0.4 is 14.4 Å². The average molecular weight is 491 g/mol. The number of benzene rings is 3. The van der Waals surface area contributed by atoms with Crippen molar-refractivity contribution in [1.82, 2.24) is 4.90 Å². The van der Waals surface area contributed by atoms with Gasteiger partial charge in [-0.25, -0.2) is 8.42 Å². The monoisotopic (exact) mass is 490 g/mol. The highest BCUT2D eigenvalue weighted by atomic mass is 32.2. The van der Waals surface area contributed by atoms with Gasteiger partial charge in [-0.15, -0.1) is 0 Å². The highest BCUT2D eigenvalue weighted by Crippen LogP contribution is 2.26. The molecule has 0 aliphatic carbocycles. The number of ether oxygens (including phenoxy) is 1. The molecule has 1 amide bonds. The van der Waals surface area contributed by atoms with Gasteiger partial charge in [-0.3, -0.25) is 9.52 Å². The highest BCUT2D eigenvalue weighted by molar-refractivity contribution is 7.92. The van der Waals surface area contributed by atoms with Gasteiger partial charge in [-0.05, 0) is 61.0 Å². The van der Waals surface area contributed by atoms with E-state index in [4.69, 9.17) is 10.00 Å². The van der Waals surface area contributed by atoms with Crippen molar-refractivity contribution in [2.75, 3.05) is 42.9 Å². The minimum absolute atomic E-state index is 0.00304. The van der Waals surface area contributed by atoms with Crippen molar-refractivity contribution in [3.63, 3.8) is 0 Å². The summed E-state index contributed by atoms with van der Waals surface area (Å²) in [5, 5.41) is 9.00. The number of anilines is 2. The summed E-state index contributed by atoms with van der Waals surface area (Å²) in [6, 6.07) is 22.3. The Labute approximate surface area is 205 Å². The number of nitrogens with one attached hydrogen (secondary N) is 1. The molecule has 1 saturated heterocycles. The van der Waals surface area contributed by atoms with Crippen LogP contribution in [0.5, 0.6) is 5.75 Å². The summed E-state index contributed by atoms with van der Waals surface area (Å²) < 4.78 is 33.8. The van der Waals surface area contributed by atoms with Crippen LogP contribution >= 0.6 is 0 Å². The van der Waals surface area contributed by atoms with E-state index in [0.717, 1.165) is 18.7 Å². The molecule has 35 heavy (non-hydrogen) atoms. The summed E-state index contributed by atoms with van der Waals surface area (Å²) in [6.45, 7) is 2.51. The summed E-state index contributed by atoms with van der Waals surface area (Å²) in [4.78, 5) is 17.2. The van der Waals surface area contributed by atoms with Gasteiger partial charge < -0.3 is 14.5 Å². The van der Waals surface area contributed by atoms with Gasteiger partial charge in [-0.1, -0.05) is 18.2 Å². The fraction of sp³-hybridized carbons (Fsp3) is 0.231. The van der Waals surface area contributed by atoms with E-state index in [9.17, 15) is 13.2 Å². The maximum atomic E-state index is 13.3. The van der Waals surface area contributed by atoms with Crippen LogP contribution in [0.2, 0.25) is 0 Å². The fourth-order valence-corrected chi connectivity index (χ4v) is 5.15. The zero-order chi connectivity index (χ0) is 24.8. The van der Waals surface area contributed by atoms with E-state index in [1.165, 1.54) is 19.2 Å². The third kappa shape index (κ3) is 5.55. The second-order valence-electron chi connectivity index (χ2n) is 8.13. The number of nitriles is 1. The molecule has 0 spiro atoms. The van der Waals surface area contributed by atoms with Gasteiger partial charge in [0.05, 0.1) is 29.3 Å². The fourth-order valence-electron chi connectivity index (χ4n) is 4.04. The van der Waals surface area contributed by atoms with Crippen LogP contribution in [0.1, 0.15) is 22.3 Å². The predicted octanol–water partition coefficient (Wildman–Crippen LogP) is 3.72. The van der Waals surface area contributed by atoms with E-state index in [-0.39, 0.29) is 10.8 Å². The molecule has 0 saturated carbocycles. The summed E-state index contributed by atoms with van der Waals surface area (Å²) in [7, 11) is -2.45. The van der Waals surface area contributed by atoms with Crippen molar-refractivity contribution in [3.8, 4) is 11.8 Å². The molecule has 180 valence electrons. The van der Waals surface area contributed by atoms with Crippen LogP contribution in [0.15, 0.2) is 77.7 Å². The molecule has 0 aromatic heterocycles. The average Bonchev–Trinajstić information content (AvgIpc) is 3.15. The molecular weight excluding hydrogens is 464 g/mol. The molecule has 1 aliphatic rings. The number of hydrogen-bond acceptors (Lipinski definition) is 6. The lowest BCUT2D eigenvalue weighted by molar-refractivity contribution is 0.0766. The summed E-state index contributed by atoms with van der Waals surface area (Å²) >= 11 is 0. The van der Waals surface area contributed by atoms with Crippen molar-refractivity contribution < 1.29 is 17.9 Å². The van der Waals surface area contributed by atoms with E-state index >= 15 is 0 Å². The number of para-hydroxylation sites is 2. The molecule has 0 unspecified atom stereocenters. The second kappa shape index (κ2) is 10.5. The first kappa shape index (κ1) is 24.1. The van der Waals surface area contributed by atoms with Gasteiger partial charge in [0, 0.05) is 37.4 Å². The predicted molar refractivity (Wildman–Crippen MR) is 134 cm³/mol. The minimum Gasteiger partial charge on any atom is -0.495 e. The molecular formula is C26H26N4O4S. The Kier molecular flexibility index (Phi) is 7.22. The lowest BCUT2D eigenvalue weighted by Crippen LogP contribution is -2.35. The molecule has 3 aromatic rings. The van der Waals surface area contributed by atoms with Gasteiger partial charge in [-0.2, -0.15) is 5.26 Å². The Morgan fingerprint density at radius 1 is 0.971 bits per heavy atom. The molecule has 4 rings (SSSR count). The van der Waals surface area contributed by atoms with E-state index < -0.39 is 10.0 Å². The quantitative estimate of drug-likeness (QED) is 0.565. The SMILES string of the molecule is COc1ccccc1NS(=O)(=O)c1cccc(C(=O)N2CCCN(c3ccc(C#N)cc3)CC2)c1. The van der Waals surface area contributed by atoms with Gasteiger partial charge in [0.1, 0.15) is 5.75 Å². The van der Waals surface area contributed by atoms with Crippen molar-refractivity contribution in [1.29, 1.82) is 5.26 Å². The molecule has 3 aromatic carbocycles. The van der Waals surface area contributed by atoms with Crippen LogP contribution in [0, 0.1) is 11.3 Å². The largest absolute Gasteiger partial charge is 0.495 e. The molecule has 1 heterocycles. The number of hydrogen-bond donors (Lipinski definition) is 1. The summed E-state index contributed by atoms with van der Waals surface area (Å²) in [5.41, 5.74) is 2.26. The van der Waals surface area contributed by atoms with E-state index in [2.05, 4.69) is 15.7 Å². The molecule has 0 bridgehead atoms. The first-order chi connectivity index (χ1) is 16.9. The number of carbonyl (C=O) groups is 1. The van der Waals surface area contributed by atoms with Crippen LogP contribution in [0.25, 0.3) is 0 Å². The van der Waals surface area contributed by atoms with Crippen molar-refractivity contribution in [2.45, 2.75) is 11.3 Å². The Morgan fingerprint density at radius 2 is 1.74 bits per heavy atom. The van der Waals surface area contributed by atoms with Gasteiger partial charge >= 0.3 is 0 Å². The molecule has 0 radical (unpaired) electrons. The Balaban J connectivity index is 1.48. The molecule has 8 nitrogen and oxygen atoms in total. The Morgan fingerprint density at radius 3 is 2.49 bits per heavy atom. The third-order valence-corrected chi connectivity index (χ3v) is 7.25. The number of amides is 1. The number of sulfonamides is 1. The Bertz CT molecular complexity index is 1350. The Hall–Kier alpha value is -4.03. The molecule has 1 N–H and O–H groups in total. The highest BCUT2D eigenvalue weighted by Gasteiger charge is 2.23. The standard InChI is InChI=1S/C26H26N4O4S/c1-34-25-9-3-2-8-24(25)28-35(32,33)23-7-4-6-21(18-23)26(31)30-15-5-14-29(16-17-30)22-12-10-20(19-27)11-13-22/h2-4,6-13,18,28H,5,14-17H2,1H3. The summed E-state index contributed by atoms with van der Waals surface area (Å²) in [5.74, 6) is 0.195. The van der Waals surface area contributed by atoms with Crippen molar-refractivity contribution in [3.05, 3.63) is 83.9 Å². The first-order valence-electron chi connectivity index (χ1n) is 11.2. The minimum atomic E-state index is -3.92. The second-order valence-corrected chi connectivity index (χ2v) is 9.81. The van der Waals surface area contributed by atoms with Crippen molar-refractivity contribution in [2.24, 2.45) is 0 Å². The maximum absolute atomic E-state index is 13.3. The van der Waals surface area contributed by atoms with Crippen LogP contribution in [-0.4, -0.2) is 52.5 Å². The van der Waals surface area contributed by atoms with Crippen LogP contribution in [0.4, 0.5) is 11.4 Å². The smallest absolute Gasteiger partial charge is 0.262 e. The normalized spacial score (nSPS) is 14.1. The number of methoxy groups -OCH3 is 1. The van der Waals surface area contributed by atoms with Gasteiger partial charge in [0.2, 0.25) is 0 Å². The molecule has 1 aliphatic heterocycles. The lowest BCUT2D eigenvalue weighted by Gasteiger charge is -2.24. The summed E-state index contributed by atoms with van der Waals surface area (Å²) in [6.07, 6.45) is 0.777. The van der Waals surface area contributed by atoms with E-state index in [0.29, 0.717) is 42.2 Å². The number of carbonyl (C=O) groups excluding carboxylic acids is 1. The lowest BCUT2D eigenvalue weighted by atomic mass is 10.2. The van der Waals surface area contributed by atoms with E-state index in [1.54, 1.807) is 53.4 Å². The zero-order valence-corrected chi connectivity index (χ0v) is 20.2. The number of rotatable bonds is 6. The topological polar surface area (TPSA) is 103 Å². The van der Waals surface area contributed by atoms with E-state index in [1.807, 2.05) is 12.1 Å². The number of nitrogens with zero attached hydrogens (tertiary/aromatic N) is 3. The van der Waals surface area contributed by atoms with Gasteiger partial charge in [0.25, 0.3) is 15.9 Å². The first-order valence-corrected chi connectivity index (χ1v) is 12.7. The van der Waals surface area contributed by atoms with Crippen molar-refractivity contribution >= 4 is 27.3 Å². The third-order valence-electron chi connectivity index (χ3n) is 5.89. The zero-order valence-electron chi connectivity index (χ0n) is 19.3. The van der Waals surface area contributed by atoms with Crippen LogP contribution in [0.3, 0.4) is 0 Å². The van der Waals surface area contributed by atoms with Crippen LogP contribution in [-0.2, 0) is 10.0 Å². The molecule has 0 atom stereocenters. The molecule has 1 fully saturated rings.